The van der Waals surface area contributed by atoms with Gasteiger partial charge in [-0.1, -0.05) is 12.1 Å². The first kappa shape index (κ1) is 11.6. The Morgan fingerprint density at radius 2 is 1.89 bits per heavy atom. The van der Waals surface area contributed by atoms with Gasteiger partial charge in [0.15, 0.2) is 0 Å². The van der Waals surface area contributed by atoms with Gasteiger partial charge in [-0.15, -0.1) is 0 Å². The highest BCUT2D eigenvalue weighted by Gasteiger charge is 2.14. The molecule has 4 heteroatoms. The lowest BCUT2D eigenvalue weighted by atomic mass is 10.0. The second-order valence-corrected chi connectivity index (χ2v) is 4.12. The predicted octanol–water partition coefficient (Wildman–Crippen LogP) is 2.96. The van der Waals surface area contributed by atoms with Crippen molar-refractivity contribution in [3.8, 4) is 0 Å². The second kappa shape index (κ2) is 4.65. The lowest BCUT2D eigenvalue weighted by Gasteiger charge is -2.08. The van der Waals surface area contributed by atoms with Gasteiger partial charge in [0.05, 0.1) is 23.2 Å². The van der Waals surface area contributed by atoms with Crippen LogP contribution in [0.25, 0.3) is 21.8 Å². The summed E-state index contributed by atoms with van der Waals surface area (Å²) in [5.41, 5.74) is 2.06. The van der Waals surface area contributed by atoms with Crippen LogP contribution in [0, 0.1) is 0 Å². The third kappa shape index (κ3) is 1.91. The van der Waals surface area contributed by atoms with Gasteiger partial charge < -0.3 is 4.74 Å². The minimum absolute atomic E-state index is 0.328. The highest BCUT2D eigenvalue weighted by molar-refractivity contribution is 6.13. The standard InChI is InChI=1S/C15H12N2O2/c1-2-19-15(18)12-9-10-5-3-7-16-13(10)14-11(12)6-4-8-17-14/h3-9H,2H2,1H3. The van der Waals surface area contributed by atoms with Gasteiger partial charge in [0.2, 0.25) is 0 Å². The molecule has 3 aromatic rings. The quantitative estimate of drug-likeness (QED) is 0.519. The molecule has 0 amide bonds. The summed E-state index contributed by atoms with van der Waals surface area (Å²) < 4.78 is 5.10. The monoisotopic (exact) mass is 252 g/mol. The first-order valence-corrected chi connectivity index (χ1v) is 6.11. The molecule has 3 rings (SSSR count). The summed E-state index contributed by atoms with van der Waals surface area (Å²) in [5.74, 6) is -0.328. The maximum absolute atomic E-state index is 12.0. The molecule has 0 saturated carbocycles. The van der Waals surface area contributed by atoms with E-state index in [0.29, 0.717) is 12.2 Å². The van der Waals surface area contributed by atoms with Crippen LogP contribution >= 0.6 is 0 Å². The molecular weight excluding hydrogens is 240 g/mol. The predicted molar refractivity (Wildman–Crippen MR) is 73.0 cm³/mol. The fourth-order valence-electron chi connectivity index (χ4n) is 2.15. The lowest BCUT2D eigenvalue weighted by Crippen LogP contribution is -2.06. The van der Waals surface area contributed by atoms with Gasteiger partial charge in [0.25, 0.3) is 0 Å². The van der Waals surface area contributed by atoms with Crippen molar-refractivity contribution in [2.45, 2.75) is 6.92 Å². The Morgan fingerprint density at radius 3 is 2.68 bits per heavy atom. The molecule has 0 saturated heterocycles. The second-order valence-electron chi connectivity index (χ2n) is 4.12. The van der Waals surface area contributed by atoms with Crippen molar-refractivity contribution < 1.29 is 9.53 Å². The molecule has 0 unspecified atom stereocenters. The average molecular weight is 252 g/mol. The molecule has 1 aromatic carbocycles. The Labute approximate surface area is 110 Å². The molecule has 0 radical (unpaired) electrons. The van der Waals surface area contributed by atoms with Crippen molar-refractivity contribution in [2.75, 3.05) is 6.61 Å². The van der Waals surface area contributed by atoms with Crippen molar-refractivity contribution in [3.63, 3.8) is 0 Å². The Hall–Kier alpha value is -2.49. The van der Waals surface area contributed by atoms with Crippen molar-refractivity contribution in [1.82, 2.24) is 9.97 Å². The third-order valence-electron chi connectivity index (χ3n) is 2.96. The first-order valence-electron chi connectivity index (χ1n) is 6.11. The van der Waals surface area contributed by atoms with Crippen LogP contribution in [0.1, 0.15) is 17.3 Å². The van der Waals surface area contributed by atoms with Gasteiger partial charge in [-0.25, -0.2) is 4.79 Å². The van der Waals surface area contributed by atoms with Crippen LogP contribution in [-0.4, -0.2) is 22.5 Å². The van der Waals surface area contributed by atoms with E-state index in [4.69, 9.17) is 4.74 Å². The van der Waals surface area contributed by atoms with E-state index in [2.05, 4.69) is 9.97 Å². The molecule has 2 heterocycles. The zero-order chi connectivity index (χ0) is 13.2. The fourth-order valence-corrected chi connectivity index (χ4v) is 2.15. The molecular formula is C15H12N2O2. The molecule has 4 nitrogen and oxygen atoms in total. The van der Waals surface area contributed by atoms with Gasteiger partial charge in [-0.3, -0.25) is 9.97 Å². The maximum atomic E-state index is 12.0. The number of esters is 1. The van der Waals surface area contributed by atoms with E-state index < -0.39 is 0 Å². The van der Waals surface area contributed by atoms with E-state index in [1.165, 1.54) is 0 Å². The number of rotatable bonds is 2. The van der Waals surface area contributed by atoms with Crippen molar-refractivity contribution in [1.29, 1.82) is 0 Å². The molecule has 19 heavy (non-hydrogen) atoms. The van der Waals surface area contributed by atoms with Crippen LogP contribution in [-0.2, 0) is 4.74 Å². The van der Waals surface area contributed by atoms with E-state index >= 15 is 0 Å². The van der Waals surface area contributed by atoms with Crippen molar-refractivity contribution in [2.24, 2.45) is 0 Å². The average Bonchev–Trinajstić information content (AvgIpc) is 2.46. The number of hydrogen-bond acceptors (Lipinski definition) is 4. The van der Waals surface area contributed by atoms with E-state index in [1.807, 2.05) is 24.3 Å². The molecule has 94 valence electrons. The summed E-state index contributed by atoms with van der Waals surface area (Å²) in [6, 6.07) is 9.23. The summed E-state index contributed by atoms with van der Waals surface area (Å²) in [7, 11) is 0. The van der Waals surface area contributed by atoms with Gasteiger partial charge in [-0.2, -0.15) is 0 Å². The number of benzene rings is 1. The third-order valence-corrected chi connectivity index (χ3v) is 2.96. The molecule has 2 aromatic heterocycles. The Kier molecular flexibility index (Phi) is 2.83. The number of carbonyl (C=O) groups excluding carboxylic acids is 1. The number of pyridine rings is 2. The fraction of sp³-hybridized carbons (Fsp3) is 0.133. The van der Waals surface area contributed by atoms with Crippen LogP contribution in [0.4, 0.5) is 0 Å². The van der Waals surface area contributed by atoms with Crippen LogP contribution in [0.15, 0.2) is 42.7 Å². The normalized spacial score (nSPS) is 10.8. The molecule has 0 fully saturated rings. The molecule has 0 aliphatic rings. The van der Waals surface area contributed by atoms with E-state index in [0.717, 1.165) is 21.8 Å². The molecule has 0 bridgehead atoms. The zero-order valence-corrected chi connectivity index (χ0v) is 10.5. The largest absolute Gasteiger partial charge is 0.462 e. The van der Waals surface area contributed by atoms with Crippen molar-refractivity contribution in [3.05, 3.63) is 48.3 Å². The molecule has 0 spiro atoms. The van der Waals surface area contributed by atoms with Crippen molar-refractivity contribution >= 4 is 27.8 Å². The minimum Gasteiger partial charge on any atom is -0.462 e. The number of ether oxygens (including phenoxy) is 1. The highest BCUT2D eigenvalue weighted by atomic mass is 16.5. The summed E-state index contributed by atoms with van der Waals surface area (Å²) in [6.07, 6.45) is 3.42. The van der Waals surface area contributed by atoms with Gasteiger partial charge in [-0.05, 0) is 25.1 Å². The molecule has 0 N–H and O–H groups in total. The van der Waals surface area contributed by atoms with E-state index in [1.54, 1.807) is 25.4 Å². The Bertz CT molecular complexity index is 768. The van der Waals surface area contributed by atoms with Crippen LogP contribution in [0.3, 0.4) is 0 Å². The van der Waals surface area contributed by atoms with Gasteiger partial charge >= 0.3 is 5.97 Å². The molecule has 0 atom stereocenters. The SMILES string of the molecule is CCOC(=O)c1cc2cccnc2c2ncccc12. The van der Waals surface area contributed by atoms with E-state index in [-0.39, 0.29) is 5.97 Å². The summed E-state index contributed by atoms with van der Waals surface area (Å²) in [4.78, 5) is 20.7. The number of carbonyl (C=O) groups is 1. The summed E-state index contributed by atoms with van der Waals surface area (Å²) >= 11 is 0. The van der Waals surface area contributed by atoms with Gasteiger partial charge in [0, 0.05) is 23.2 Å². The Balaban J connectivity index is 2.39. The zero-order valence-electron chi connectivity index (χ0n) is 10.5. The first-order chi connectivity index (χ1) is 9.31. The highest BCUT2D eigenvalue weighted by Crippen LogP contribution is 2.26. The summed E-state index contributed by atoms with van der Waals surface area (Å²) in [6.45, 7) is 2.15. The number of nitrogens with zero attached hydrogens (tertiary/aromatic N) is 2. The Morgan fingerprint density at radius 1 is 1.16 bits per heavy atom. The molecule has 0 aliphatic carbocycles. The summed E-state index contributed by atoms with van der Waals surface area (Å²) in [5, 5.41) is 1.66. The lowest BCUT2D eigenvalue weighted by molar-refractivity contribution is 0.0529. The number of fused-ring (bicyclic) bond motifs is 3. The van der Waals surface area contributed by atoms with Crippen LogP contribution < -0.4 is 0 Å². The van der Waals surface area contributed by atoms with Crippen LogP contribution in [0.5, 0.6) is 0 Å². The number of hydrogen-bond donors (Lipinski definition) is 0. The van der Waals surface area contributed by atoms with E-state index in [9.17, 15) is 4.79 Å². The smallest absolute Gasteiger partial charge is 0.338 e. The topological polar surface area (TPSA) is 52.1 Å². The van der Waals surface area contributed by atoms with Crippen LogP contribution in [0.2, 0.25) is 0 Å². The molecule has 0 aliphatic heterocycles. The minimum atomic E-state index is -0.328. The number of aromatic nitrogens is 2. The van der Waals surface area contributed by atoms with Gasteiger partial charge in [0.1, 0.15) is 0 Å². The maximum Gasteiger partial charge on any atom is 0.338 e.